The van der Waals surface area contributed by atoms with E-state index in [0.29, 0.717) is 18.3 Å². The Labute approximate surface area is 165 Å². The van der Waals surface area contributed by atoms with Crippen molar-refractivity contribution in [3.8, 4) is 0 Å². The van der Waals surface area contributed by atoms with Gasteiger partial charge in [0.25, 0.3) is 5.91 Å². The number of furan rings is 1. The fraction of sp³-hybridized carbons (Fsp3) is 0.261. The monoisotopic (exact) mass is 381 g/mol. The van der Waals surface area contributed by atoms with E-state index in [1.807, 2.05) is 12.1 Å². The lowest BCUT2D eigenvalue weighted by Gasteiger charge is -2.23. The van der Waals surface area contributed by atoms with Crippen molar-refractivity contribution in [2.45, 2.75) is 39.9 Å². The molecule has 3 rings (SSSR count). The third-order valence-electron chi connectivity index (χ3n) is 4.88. The predicted molar refractivity (Wildman–Crippen MR) is 108 cm³/mol. The maximum absolute atomic E-state index is 13.0. The van der Waals surface area contributed by atoms with Crippen LogP contribution in [0.3, 0.4) is 0 Å². The molecule has 0 aliphatic heterocycles. The quantitative estimate of drug-likeness (QED) is 0.650. The Hall–Kier alpha value is -2.92. The maximum atomic E-state index is 13.0. The first-order valence-corrected chi connectivity index (χ1v) is 9.47. The van der Waals surface area contributed by atoms with Gasteiger partial charge in [-0.25, -0.2) is 4.39 Å². The second kappa shape index (κ2) is 8.85. The molecule has 3 aromatic rings. The molecule has 0 radical (unpaired) electrons. The largest absolute Gasteiger partial charge is 0.450 e. The van der Waals surface area contributed by atoms with E-state index in [-0.39, 0.29) is 17.5 Å². The minimum Gasteiger partial charge on any atom is -0.450 e. The van der Waals surface area contributed by atoms with E-state index in [9.17, 15) is 9.18 Å². The number of carbonyl (C=O) groups is 1. The van der Waals surface area contributed by atoms with Crippen LogP contribution >= 0.6 is 0 Å². The smallest absolute Gasteiger partial charge is 0.291 e. The molecule has 1 atom stereocenters. The van der Waals surface area contributed by atoms with Crippen molar-refractivity contribution >= 4 is 11.6 Å². The van der Waals surface area contributed by atoms with Gasteiger partial charge in [0, 0.05) is 11.3 Å². The van der Waals surface area contributed by atoms with Crippen LogP contribution in [0.15, 0.2) is 65.1 Å². The van der Waals surface area contributed by atoms with Crippen LogP contribution in [0.25, 0.3) is 0 Å². The molecular weight excluding hydrogens is 355 g/mol. The second-order valence-electron chi connectivity index (χ2n) is 7.32. The van der Waals surface area contributed by atoms with Crippen molar-refractivity contribution in [2.24, 2.45) is 0 Å². The minimum atomic E-state index is -0.345. The molecule has 5 heteroatoms. The highest BCUT2D eigenvalue weighted by Gasteiger charge is 2.19. The topological polar surface area (TPSA) is 46.7 Å². The Bertz CT molecular complexity index is 932. The molecule has 146 valence electrons. The van der Waals surface area contributed by atoms with Crippen LogP contribution in [0.4, 0.5) is 10.1 Å². The summed E-state index contributed by atoms with van der Waals surface area (Å²) in [6.07, 6.45) is 0. The number of rotatable bonds is 7. The minimum absolute atomic E-state index is 0.248. The number of carbonyl (C=O) groups excluding carboxylic acids is 1. The molecular formula is C23H26FN2O2+. The number of quaternary nitrogens is 1. The lowest BCUT2D eigenvalue weighted by Crippen LogP contribution is -3.12. The molecule has 0 saturated carbocycles. The van der Waals surface area contributed by atoms with Gasteiger partial charge in [-0.1, -0.05) is 24.3 Å². The van der Waals surface area contributed by atoms with Crippen molar-refractivity contribution in [3.63, 3.8) is 0 Å². The highest BCUT2D eigenvalue weighted by Crippen LogP contribution is 2.13. The number of nitrogens with one attached hydrogen (secondary N) is 2. The van der Waals surface area contributed by atoms with Gasteiger partial charge in [-0.2, -0.15) is 0 Å². The Morgan fingerprint density at radius 1 is 1.04 bits per heavy atom. The molecule has 1 heterocycles. The summed E-state index contributed by atoms with van der Waals surface area (Å²) >= 11 is 0. The van der Waals surface area contributed by atoms with E-state index >= 15 is 0 Å². The van der Waals surface area contributed by atoms with Gasteiger partial charge in [-0.15, -0.1) is 0 Å². The van der Waals surface area contributed by atoms with E-state index in [2.05, 4.69) is 44.3 Å². The zero-order chi connectivity index (χ0) is 20.1. The van der Waals surface area contributed by atoms with Gasteiger partial charge < -0.3 is 14.6 Å². The van der Waals surface area contributed by atoms with Crippen LogP contribution in [0, 0.1) is 12.7 Å². The second-order valence-corrected chi connectivity index (χ2v) is 7.32. The highest BCUT2D eigenvalue weighted by atomic mass is 19.1. The number of hydrogen-bond donors (Lipinski definition) is 2. The molecule has 1 unspecified atom stereocenters. The molecule has 0 saturated heterocycles. The molecule has 2 N–H and O–H groups in total. The van der Waals surface area contributed by atoms with Crippen molar-refractivity contribution in [1.29, 1.82) is 0 Å². The van der Waals surface area contributed by atoms with E-state index < -0.39 is 0 Å². The number of aryl methyl sites for hydroxylation is 1. The molecule has 0 aliphatic carbocycles. The summed E-state index contributed by atoms with van der Waals surface area (Å²) in [7, 11) is 0. The SMILES string of the molecule is Cc1ccccc1C[NH+](Cc1ccc(C(=O)Nc2ccc(F)cc2)o1)C(C)C. The third kappa shape index (κ3) is 5.08. The summed E-state index contributed by atoms with van der Waals surface area (Å²) in [5, 5.41) is 2.72. The van der Waals surface area contributed by atoms with Crippen LogP contribution in [0.2, 0.25) is 0 Å². The fourth-order valence-corrected chi connectivity index (χ4v) is 3.07. The first-order valence-electron chi connectivity index (χ1n) is 9.47. The molecule has 0 aliphatic rings. The fourth-order valence-electron chi connectivity index (χ4n) is 3.07. The van der Waals surface area contributed by atoms with E-state index in [1.165, 1.54) is 40.3 Å². The van der Waals surface area contributed by atoms with Crippen molar-refractivity contribution in [1.82, 2.24) is 0 Å². The number of anilines is 1. The molecule has 2 aromatic carbocycles. The zero-order valence-electron chi connectivity index (χ0n) is 16.5. The van der Waals surface area contributed by atoms with Crippen molar-refractivity contribution in [3.05, 3.63) is 89.1 Å². The average molecular weight is 381 g/mol. The maximum Gasteiger partial charge on any atom is 0.291 e. The summed E-state index contributed by atoms with van der Waals surface area (Å²) in [6, 6.07) is 18.0. The first kappa shape index (κ1) is 19.8. The van der Waals surface area contributed by atoms with Gasteiger partial charge in [-0.3, -0.25) is 4.79 Å². The number of halogens is 1. The molecule has 0 spiro atoms. The van der Waals surface area contributed by atoms with Crippen LogP contribution < -0.4 is 10.2 Å². The van der Waals surface area contributed by atoms with Gasteiger partial charge in [0.2, 0.25) is 0 Å². The summed E-state index contributed by atoms with van der Waals surface area (Å²) in [5.41, 5.74) is 3.12. The van der Waals surface area contributed by atoms with E-state index in [4.69, 9.17) is 4.42 Å². The van der Waals surface area contributed by atoms with E-state index in [0.717, 1.165) is 12.3 Å². The Kier molecular flexibility index (Phi) is 6.26. The lowest BCUT2D eigenvalue weighted by molar-refractivity contribution is -0.949. The molecule has 0 bridgehead atoms. The van der Waals surface area contributed by atoms with Crippen molar-refractivity contribution < 1.29 is 18.5 Å². The molecule has 1 amide bonds. The number of hydrogen-bond acceptors (Lipinski definition) is 2. The molecule has 1 aromatic heterocycles. The molecule has 28 heavy (non-hydrogen) atoms. The van der Waals surface area contributed by atoms with Gasteiger partial charge in [-0.05, 0) is 62.7 Å². The highest BCUT2D eigenvalue weighted by molar-refractivity contribution is 6.02. The number of amides is 1. The molecule has 0 fully saturated rings. The Morgan fingerprint density at radius 3 is 2.43 bits per heavy atom. The predicted octanol–water partition coefficient (Wildman–Crippen LogP) is 3.97. The van der Waals surface area contributed by atoms with Crippen LogP contribution in [-0.4, -0.2) is 11.9 Å². The zero-order valence-corrected chi connectivity index (χ0v) is 16.5. The van der Waals surface area contributed by atoms with E-state index in [1.54, 1.807) is 6.07 Å². The summed E-state index contributed by atoms with van der Waals surface area (Å²) < 4.78 is 18.8. The van der Waals surface area contributed by atoms with Gasteiger partial charge >= 0.3 is 0 Å². The summed E-state index contributed by atoms with van der Waals surface area (Å²) in [5.74, 6) is 0.325. The Morgan fingerprint density at radius 2 is 1.75 bits per heavy atom. The van der Waals surface area contributed by atoms with Crippen LogP contribution in [-0.2, 0) is 13.1 Å². The van der Waals surface area contributed by atoms with Crippen LogP contribution in [0.5, 0.6) is 0 Å². The number of benzene rings is 2. The molecule has 4 nitrogen and oxygen atoms in total. The van der Waals surface area contributed by atoms with Gasteiger partial charge in [0.05, 0.1) is 6.04 Å². The Balaban J connectivity index is 1.67. The van der Waals surface area contributed by atoms with Gasteiger partial charge in [0.15, 0.2) is 11.5 Å². The van der Waals surface area contributed by atoms with Crippen molar-refractivity contribution in [2.75, 3.05) is 5.32 Å². The summed E-state index contributed by atoms with van der Waals surface area (Å²) in [4.78, 5) is 13.7. The average Bonchev–Trinajstić information content (AvgIpc) is 3.13. The van der Waals surface area contributed by atoms with Gasteiger partial charge in [0.1, 0.15) is 18.9 Å². The standard InChI is InChI=1S/C23H25FN2O2/c1-16(2)26(14-18-7-5-4-6-17(18)3)15-21-12-13-22(28-21)23(27)25-20-10-8-19(24)9-11-20/h4-13,16H,14-15H2,1-3H3,(H,25,27)/p+1. The first-order chi connectivity index (χ1) is 13.4. The van der Waals surface area contributed by atoms with Crippen LogP contribution in [0.1, 0.15) is 41.3 Å². The third-order valence-corrected chi connectivity index (χ3v) is 4.88. The normalized spacial score (nSPS) is 12.2. The summed E-state index contributed by atoms with van der Waals surface area (Å²) in [6.45, 7) is 8.06. The lowest BCUT2D eigenvalue weighted by atomic mass is 10.1.